The Kier molecular flexibility index (Phi) is 5.19. The molecule has 0 fully saturated rings. The van der Waals surface area contributed by atoms with Gasteiger partial charge in [0, 0.05) is 12.6 Å². The summed E-state index contributed by atoms with van der Waals surface area (Å²) in [5.74, 6) is 0.926. The summed E-state index contributed by atoms with van der Waals surface area (Å²) in [4.78, 5) is 0. The molecule has 106 valence electrons. The van der Waals surface area contributed by atoms with Crippen LogP contribution in [-0.4, -0.2) is 12.6 Å². The third-order valence-corrected chi connectivity index (χ3v) is 3.15. The third kappa shape index (κ3) is 4.10. The van der Waals surface area contributed by atoms with E-state index in [0.29, 0.717) is 12.6 Å². The lowest BCUT2D eigenvalue weighted by molar-refractivity contribution is 0.340. The molecule has 0 radical (unpaired) electrons. The highest BCUT2D eigenvalue weighted by molar-refractivity contribution is 5.65. The van der Waals surface area contributed by atoms with Crippen molar-refractivity contribution in [2.24, 2.45) is 0 Å². The Morgan fingerprint density at radius 2 is 1.75 bits per heavy atom. The molecule has 2 heteroatoms. The maximum absolute atomic E-state index is 5.55. The number of hydrogen-bond acceptors (Lipinski definition) is 2. The first kappa shape index (κ1) is 14.6. The van der Waals surface area contributed by atoms with E-state index in [2.05, 4.69) is 55.6 Å². The molecule has 0 bridgehead atoms. The summed E-state index contributed by atoms with van der Waals surface area (Å²) in [6.45, 7) is 7.94. The molecule has 0 aliphatic carbocycles. The minimum atomic E-state index is 0.512. The van der Waals surface area contributed by atoms with Crippen LogP contribution in [0.3, 0.4) is 0 Å². The molecule has 2 rings (SSSR count). The van der Waals surface area contributed by atoms with Gasteiger partial charge in [0.15, 0.2) is 0 Å². The fourth-order valence-corrected chi connectivity index (χ4v) is 2.07. The second-order valence-corrected chi connectivity index (χ2v) is 5.19. The zero-order valence-corrected chi connectivity index (χ0v) is 12.5. The van der Waals surface area contributed by atoms with Crippen molar-refractivity contribution in [3.63, 3.8) is 0 Å². The lowest BCUT2D eigenvalue weighted by Crippen LogP contribution is -2.21. The van der Waals surface area contributed by atoms with Gasteiger partial charge in [0.1, 0.15) is 5.75 Å². The van der Waals surface area contributed by atoms with E-state index in [0.717, 1.165) is 12.3 Å². The highest BCUT2D eigenvalue weighted by Gasteiger charge is 2.01. The first-order valence-corrected chi connectivity index (χ1v) is 7.24. The highest BCUT2D eigenvalue weighted by atomic mass is 16.5. The zero-order valence-electron chi connectivity index (χ0n) is 12.5. The maximum Gasteiger partial charge on any atom is 0.119 e. The van der Waals surface area contributed by atoms with Crippen LogP contribution >= 0.6 is 0 Å². The van der Waals surface area contributed by atoms with Gasteiger partial charge >= 0.3 is 0 Å². The third-order valence-electron chi connectivity index (χ3n) is 3.15. The molecule has 1 N–H and O–H groups in total. The molecule has 0 unspecified atom stereocenters. The molecule has 2 aromatic carbocycles. The Hall–Kier alpha value is -1.80. The van der Waals surface area contributed by atoms with Crippen molar-refractivity contribution in [2.75, 3.05) is 6.61 Å². The summed E-state index contributed by atoms with van der Waals surface area (Å²) in [6, 6.07) is 17.4. The Morgan fingerprint density at radius 3 is 2.40 bits per heavy atom. The quantitative estimate of drug-likeness (QED) is 0.846. The van der Waals surface area contributed by atoms with Crippen LogP contribution in [-0.2, 0) is 6.54 Å². The van der Waals surface area contributed by atoms with Crippen LogP contribution in [0, 0.1) is 0 Å². The average Bonchev–Trinajstić information content (AvgIpc) is 2.46. The van der Waals surface area contributed by atoms with Crippen LogP contribution < -0.4 is 10.1 Å². The molecule has 2 aromatic rings. The van der Waals surface area contributed by atoms with Crippen molar-refractivity contribution in [1.29, 1.82) is 0 Å². The fraction of sp³-hybridized carbons (Fsp3) is 0.333. The van der Waals surface area contributed by atoms with Gasteiger partial charge in [0.05, 0.1) is 6.61 Å². The van der Waals surface area contributed by atoms with Crippen LogP contribution in [0.1, 0.15) is 26.3 Å². The number of benzene rings is 2. The molecule has 0 aliphatic rings. The van der Waals surface area contributed by atoms with Crippen LogP contribution in [0.5, 0.6) is 5.75 Å². The first-order valence-electron chi connectivity index (χ1n) is 7.24. The zero-order chi connectivity index (χ0) is 14.4. The molecule has 20 heavy (non-hydrogen) atoms. The van der Waals surface area contributed by atoms with Crippen LogP contribution in [0.15, 0.2) is 48.5 Å². The van der Waals surface area contributed by atoms with Gasteiger partial charge in [-0.2, -0.15) is 0 Å². The Labute approximate surface area is 121 Å². The van der Waals surface area contributed by atoms with Gasteiger partial charge < -0.3 is 10.1 Å². The van der Waals surface area contributed by atoms with E-state index in [1.54, 1.807) is 0 Å². The van der Waals surface area contributed by atoms with E-state index in [1.165, 1.54) is 16.7 Å². The first-order chi connectivity index (χ1) is 9.69. The van der Waals surface area contributed by atoms with Gasteiger partial charge in [-0.1, -0.05) is 50.2 Å². The number of ether oxygens (including phenoxy) is 1. The standard InChI is InChI=1S/C18H23NO/c1-4-20-18-7-5-6-17(12-18)16-10-8-15(9-11-16)13-19-14(2)3/h5-12,14,19H,4,13H2,1-3H3. The Morgan fingerprint density at radius 1 is 1.00 bits per heavy atom. The van der Waals surface area contributed by atoms with Crippen LogP contribution in [0.4, 0.5) is 0 Å². The summed E-state index contributed by atoms with van der Waals surface area (Å²) in [5.41, 5.74) is 3.72. The van der Waals surface area contributed by atoms with Crippen LogP contribution in [0.25, 0.3) is 11.1 Å². The van der Waals surface area contributed by atoms with E-state index < -0.39 is 0 Å². The van der Waals surface area contributed by atoms with E-state index >= 15 is 0 Å². The van der Waals surface area contributed by atoms with Crippen molar-refractivity contribution >= 4 is 0 Å². The van der Waals surface area contributed by atoms with Gasteiger partial charge in [-0.3, -0.25) is 0 Å². The second-order valence-electron chi connectivity index (χ2n) is 5.19. The topological polar surface area (TPSA) is 21.3 Å². The Balaban J connectivity index is 2.11. The van der Waals surface area contributed by atoms with E-state index in [1.807, 2.05) is 19.1 Å². The highest BCUT2D eigenvalue weighted by Crippen LogP contribution is 2.24. The molecular weight excluding hydrogens is 246 g/mol. The van der Waals surface area contributed by atoms with Crippen molar-refractivity contribution in [3.8, 4) is 16.9 Å². The minimum absolute atomic E-state index is 0.512. The van der Waals surface area contributed by atoms with E-state index in [9.17, 15) is 0 Å². The second kappa shape index (κ2) is 7.11. The van der Waals surface area contributed by atoms with E-state index in [4.69, 9.17) is 4.74 Å². The predicted molar refractivity (Wildman–Crippen MR) is 85.0 cm³/mol. The van der Waals surface area contributed by atoms with Crippen molar-refractivity contribution in [2.45, 2.75) is 33.4 Å². The van der Waals surface area contributed by atoms with Gasteiger partial charge in [0.2, 0.25) is 0 Å². The lowest BCUT2D eigenvalue weighted by Gasteiger charge is -2.09. The molecule has 0 saturated heterocycles. The van der Waals surface area contributed by atoms with Crippen LogP contribution in [0.2, 0.25) is 0 Å². The number of rotatable bonds is 6. The van der Waals surface area contributed by atoms with Gasteiger partial charge in [-0.25, -0.2) is 0 Å². The summed E-state index contributed by atoms with van der Waals surface area (Å²) in [6.07, 6.45) is 0. The summed E-state index contributed by atoms with van der Waals surface area (Å²) < 4.78 is 5.55. The maximum atomic E-state index is 5.55. The predicted octanol–water partition coefficient (Wildman–Crippen LogP) is 4.25. The summed E-state index contributed by atoms with van der Waals surface area (Å²) in [5, 5.41) is 3.43. The fourth-order valence-electron chi connectivity index (χ4n) is 2.07. The number of hydrogen-bond donors (Lipinski definition) is 1. The normalized spacial score (nSPS) is 10.8. The van der Waals surface area contributed by atoms with E-state index in [-0.39, 0.29) is 0 Å². The molecule has 0 saturated carbocycles. The number of nitrogens with one attached hydrogen (secondary N) is 1. The van der Waals surface area contributed by atoms with Gasteiger partial charge in [-0.15, -0.1) is 0 Å². The van der Waals surface area contributed by atoms with Crippen molar-refractivity contribution in [3.05, 3.63) is 54.1 Å². The Bertz CT molecular complexity index is 531. The molecule has 0 atom stereocenters. The van der Waals surface area contributed by atoms with Crippen molar-refractivity contribution in [1.82, 2.24) is 5.32 Å². The molecule has 0 aromatic heterocycles. The molecular formula is C18H23NO. The van der Waals surface area contributed by atoms with Crippen molar-refractivity contribution < 1.29 is 4.74 Å². The molecule has 0 amide bonds. The SMILES string of the molecule is CCOc1cccc(-c2ccc(CNC(C)C)cc2)c1. The lowest BCUT2D eigenvalue weighted by atomic mass is 10.0. The molecule has 0 spiro atoms. The largest absolute Gasteiger partial charge is 0.494 e. The molecule has 2 nitrogen and oxygen atoms in total. The van der Waals surface area contributed by atoms with Gasteiger partial charge in [-0.05, 0) is 35.7 Å². The molecule has 0 heterocycles. The molecule has 0 aliphatic heterocycles. The summed E-state index contributed by atoms with van der Waals surface area (Å²) >= 11 is 0. The minimum Gasteiger partial charge on any atom is -0.494 e. The van der Waals surface area contributed by atoms with Gasteiger partial charge in [0.25, 0.3) is 0 Å². The average molecular weight is 269 g/mol. The summed E-state index contributed by atoms with van der Waals surface area (Å²) in [7, 11) is 0. The monoisotopic (exact) mass is 269 g/mol. The smallest absolute Gasteiger partial charge is 0.119 e.